The molecule has 0 unspecified atom stereocenters. The van der Waals surface area contributed by atoms with Gasteiger partial charge in [-0.05, 0) is 43.5 Å². The topological polar surface area (TPSA) is 58.1 Å². The normalized spacial score (nSPS) is 10.7. The maximum atomic E-state index is 12.3. The van der Waals surface area contributed by atoms with E-state index in [1.54, 1.807) is 0 Å². The summed E-state index contributed by atoms with van der Waals surface area (Å²) in [5.41, 5.74) is 5.86. The van der Waals surface area contributed by atoms with E-state index < -0.39 is 0 Å². The van der Waals surface area contributed by atoms with Crippen molar-refractivity contribution in [3.63, 3.8) is 0 Å². The summed E-state index contributed by atoms with van der Waals surface area (Å²) in [6.45, 7) is 7.32. The van der Waals surface area contributed by atoms with Gasteiger partial charge in [-0.1, -0.05) is 53.3 Å². The second-order valence-corrected chi connectivity index (χ2v) is 7.88. The van der Waals surface area contributed by atoms with E-state index in [4.69, 9.17) is 0 Å². The number of benzene rings is 2. The van der Waals surface area contributed by atoms with Gasteiger partial charge in [0.1, 0.15) is 5.01 Å². The van der Waals surface area contributed by atoms with Crippen molar-refractivity contribution in [1.29, 1.82) is 0 Å². The molecule has 0 aliphatic heterocycles. The Balaban J connectivity index is 1.61. The van der Waals surface area contributed by atoms with Crippen LogP contribution in [0, 0.1) is 20.8 Å². The maximum Gasteiger partial charge on any atom is 0.282 e. The lowest BCUT2D eigenvalue weighted by Crippen LogP contribution is -2.22. The fourth-order valence-electron chi connectivity index (χ4n) is 2.79. The van der Waals surface area contributed by atoms with Crippen molar-refractivity contribution in [2.45, 2.75) is 33.9 Å². The lowest BCUT2D eigenvalue weighted by atomic mass is 10.1. The minimum absolute atomic E-state index is 0.186. The molecule has 2 aromatic carbocycles. The van der Waals surface area contributed by atoms with E-state index in [2.05, 4.69) is 52.5 Å². The van der Waals surface area contributed by atoms with Gasteiger partial charge in [-0.3, -0.25) is 4.79 Å². The fourth-order valence-corrected chi connectivity index (χ4v) is 3.60. The number of anilines is 1. The highest BCUT2D eigenvalue weighted by atomic mass is 32.1. The van der Waals surface area contributed by atoms with Crippen LogP contribution in [0.3, 0.4) is 0 Å². The number of carbonyl (C=O) groups is 1. The molecular weight excluding hydrogens is 356 g/mol. The highest BCUT2D eigenvalue weighted by molar-refractivity contribution is 7.13. The summed E-state index contributed by atoms with van der Waals surface area (Å²) in [5.74, 6) is -0.186. The average Bonchev–Trinajstić information content (AvgIpc) is 3.11. The third-order valence-corrected chi connectivity index (χ3v) is 5.29. The smallest absolute Gasteiger partial charge is 0.282 e. The lowest BCUT2D eigenvalue weighted by Gasteiger charge is -2.20. The van der Waals surface area contributed by atoms with E-state index >= 15 is 0 Å². The maximum absolute atomic E-state index is 12.3. The van der Waals surface area contributed by atoms with Crippen LogP contribution in [0.2, 0.25) is 0 Å². The molecule has 1 aromatic heterocycles. The summed E-state index contributed by atoms with van der Waals surface area (Å²) in [4.78, 5) is 14.5. The van der Waals surface area contributed by atoms with Crippen molar-refractivity contribution < 1.29 is 4.79 Å². The molecule has 140 valence electrons. The summed E-state index contributed by atoms with van der Waals surface area (Å²) in [6, 6.07) is 14.5. The Morgan fingerprint density at radius 1 is 1.04 bits per heavy atom. The molecular formula is C21H24N4OS. The molecule has 5 nitrogen and oxygen atoms in total. The van der Waals surface area contributed by atoms with Crippen LogP contribution >= 0.6 is 11.3 Å². The molecule has 1 amide bonds. The first-order valence-electron chi connectivity index (χ1n) is 8.87. The Kier molecular flexibility index (Phi) is 5.86. The largest absolute Gasteiger partial charge is 0.368 e. The van der Waals surface area contributed by atoms with Gasteiger partial charge in [0.2, 0.25) is 5.01 Å². The van der Waals surface area contributed by atoms with E-state index in [1.807, 2.05) is 38.2 Å². The van der Waals surface area contributed by atoms with Crippen molar-refractivity contribution in [2.24, 2.45) is 0 Å². The van der Waals surface area contributed by atoms with E-state index in [1.165, 1.54) is 28.0 Å². The molecule has 0 radical (unpaired) electrons. The number of nitrogens with one attached hydrogen (secondary N) is 1. The number of hydrogen-bond donors (Lipinski definition) is 1. The van der Waals surface area contributed by atoms with Gasteiger partial charge < -0.3 is 10.2 Å². The SMILES string of the molecule is Cc1ccc(CNC(=O)c2nnc(CN(C)c3cc(C)ccc3C)s2)cc1. The van der Waals surface area contributed by atoms with E-state index in [-0.39, 0.29) is 5.91 Å². The molecule has 0 spiro atoms. The molecule has 0 saturated carbocycles. The molecule has 0 aliphatic rings. The third-order valence-electron chi connectivity index (χ3n) is 4.38. The predicted octanol–water partition coefficient (Wildman–Crippen LogP) is 4.03. The molecule has 3 aromatic rings. The molecule has 27 heavy (non-hydrogen) atoms. The number of carbonyl (C=O) groups excluding carboxylic acids is 1. The van der Waals surface area contributed by atoms with Gasteiger partial charge in [0.05, 0.1) is 6.54 Å². The van der Waals surface area contributed by atoms with Gasteiger partial charge in [0.25, 0.3) is 5.91 Å². The van der Waals surface area contributed by atoms with Gasteiger partial charge in [0.15, 0.2) is 0 Å². The zero-order chi connectivity index (χ0) is 19.4. The first-order valence-corrected chi connectivity index (χ1v) is 9.68. The van der Waals surface area contributed by atoms with E-state index in [0.717, 1.165) is 16.3 Å². The van der Waals surface area contributed by atoms with Crippen LogP contribution in [-0.2, 0) is 13.1 Å². The minimum atomic E-state index is -0.186. The Labute approximate surface area is 164 Å². The van der Waals surface area contributed by atoms with Gasteiger partial charge in [-0.2, -0.15) is 0 Å². The number of hydrogen-bond acceptors (Lipinski definition) is 5. The summed E-state index contributed by atoms with van der Waals surface area (Å²) in [5, 5.41) is 12.4. The van der Waals surface area contributed by atoms with E-state index in [0.29, 0.717) is 18.1 Å². The quantitative estimate of drug-likeness (QED) is 0.701. The standard InChI is InChI=1S/C21H24N4OS/c1-14-6-9-17(10-7-14)12-22-20(26)21-24-23-19(27-21)13-25(4)18-11-15(2)5-8-16(18)3/h5-11H,12-13H2,1-4H3,(H,22,26). The Morgan fingerprint density at radius 2 is 1.74 bits per heavy atom. The molecule has 0 aliphatic carbocycles. The average molecular weight is 381 g/mol. The Morgan fingerprint density at radius 3 is 2.48 bits per heavy atom. The second kappa shape index (κ2) is 8.31. The van der Waals surface area contributed by atoms with Crippen LogP contribution in [0.5, 0.6) is 0 Å². The summed E-state index contributed by atoms with van der Waals surface area (Å²) in [7, 11) is 2.03. The molecule has 1 heterocycles. The first-order chi connectivity index (χ1) is 12.9. The van der Waals surface area contributed by atoms with Gasteiger partial charge >= 0.3 is 0 Å². The first kappa shape index (κ1) is 19.0. The summed E-state index contributed by atoms with van der Waals surface area (Å²) in [6.07, 6.45) is 0. The van der Waals surface area contributed by atoms with Crippen molar-refractivity contribution in [1.82, 2.24) is 15.5 Å². The highest BCUT2D eigenvalue weighted by Crippen LogP contribution is 2.23. The zero-order valence-electron chi connectivity index (χ0n) is 16.1. The molecule has 0 fully saturated rings. The molecule has 3 rings (SSSR count). The third kappa shape index (κ3) is 4.92. The lowest BCUT2D eigenvalue weighted by molar-refractivity contribution is 0.0950. The fraction of sp³-hybridized carbons (Fsp3) is 0.286. The number of aromatic nitrogens is 2. The molecule has 0 saturated heterocycles. The number of aryl methyl sites for hydroxylation is 3. The monoisotopic (exact) mass is 380 g/mol. The van der Waals surface area contributed by atoms with Crippen molar-refractivity contribution in [3.05, 3.63) is 74.7 Å². The highest BCUT2D eigenvalue weighted by Gasteiger charge is 2.14. The van der Waals surface area contributed by atoms with Gasteiger partial charge in [-0.25, -0.2) is 0 Å². The van der Waals surface area contributed by atoms with Crippen molar-refractivity contribution in [3.8, 4) is 0 Å². The van der Waals surface area contributed by atoms with Crippen LogP contribution in [0.25, 0.3) is 0 Å². The zero-order valence-corrected chi connectivity index (χ0v) is 16.9. The van der Waals surface area contributed by atoms with Crippen LogP contribution in [0.15, 0.2) is 42.5 Å². The van der Waals surface area contributed by atoms with Gasteiger partial charge in [-0.15, -0.1) is 10.2 Å². The number of rotatable bonds is 6. The summed E-state index contributed by atoms with van der Waals surface area (Å²) >= 11 is 1.34. The number of amides is 1. The van der Waals surface area contributed by atoms with Crippen LogP contribution in [-0.4, -0.2) is 23.2 Å². The molecule has 0 bridgehead atoms. The van der Waals surface area contributed by atoms with Crippen LogP contribution in [0.1, 0.15) is 37.1 Å². The second-order valence-electron chi connectivity index (χ2n) is 6.82. The predicted molar refractivity (Wildman–Crippen MR) is 110 cm³/mol. The van der Waals surface area contributed by atoms with Crippen molar-refractivity contribution in [2.75, 3.05) is 11.9 Å². The Hall–Kier alpha value is -2.73. The van der Waals surface area contributed by atoms with Crippen LogP contribution < -0.4 is 10.2 Å². The number of nitrogens with zero attached hydrogens (tertiary/aromatic N) is 3. The summed E-state index contributed by atoms with van der Waals surface area (Å²) < 4.78 is 0. The Bertz CT molecular complexity index is 934. The van der Waals surface area contributed by atoms with Crippen LogP contribution in [0.4, 0.5) is 5.69 Å². The van der Waals surface area contributed by atoms with Gasteiger partial charge in [0, 0.05) is 19.3 Å². The molecule has 1 N–H and O–H groups in total. The molecule has 0 atom stereocenters. The van der Waals surface area contributed by atoms with Crippen molar-refractivity contribution >= 4 is 22.9 Å². The minimum Gasteiger partial charge on any atom is -0.368 e. The van der Waals surface area contributed by atoms with E-state index in [9.17, 15) is 4.79 Å². The molecule has 6 heteroatoms.